The van der Waals surface area contributed by atoms with Crippen molar-refractivity contribution in [2.45, 2.75) is 37.8 Å². The van der Waals surface area contributed by atoms with Crippen LogP contribution in [0.4, 0.5) is 5.95 Å². The lowest BCUT2D eigenvalue weighted by Crippen LogP contribution is -2.37. The van der Waals surface area contributed by atoms with Crippen molar-refractivity contribution in [3.8, 4) is 0 Å². The predicted molar refractivity (Wildman–Crippen MR) is 151 cm³/mol. The average Bonchev–Trinajstić information content (AvgIpc) is 3.59. The summed E-state index contributed by atoms with van der Waals surface area (Å²) in [5.74, 6) is -0.672. The quantitative estimate of drug-likeness (QED) is 0.343. The van der Waals surface area contributed by atoms with Gasteiger partial charge in [-0.3, -0.25) is 9.36 Å². The monoisotopic (exact) mass is 561 g/mol. The molecule has 0 amide bonds. The van der Waals surface area contributed by atoms with Crippen LogP contribution in [0.25, 0.3) is 0 Å². The van der Waals surface area contributed by atoms with Crippen LogP contribution in [0.3, 0.4) is 0 Å². The average molecular weight is 562 g/mol. The van der Waals surface area contributed by atoms with Crippen molar-refractivity contribution < 1.29 is 9.90 Å². The second-order valence-corrected chi connectivity index (χ2v) is 10.8. The molecule has 0 radical (unpaired) electrons. The molecule has 2 heterocycles. The first-order valence-electron chi connectivity index (χ1n) is 12.7. The lowest BCUT2D eigenvalue weighted by molar-refractivity contribution is -0.137. The summed E-state index contributed by atoms with van der Waals surface area (Å²) in [5, 5.41) is 22.1. The third-order valence-corrected chi connectivity index (χ3v) is 8.00. The van der Waals surface area contributed by atoms with E-state index in [9.17, 15) is 14.7 Å². The van der Waals surface area contributed by atoms with E-state index in [1.54, 1.807) is 17.1 Å². The van der Waals surface area contributed by atoms with E-state index in [2.05, 4.69) is 17.2 Å². The number of benzene rings is 3. The lowest BCUT2D eigenvalue weighted by atomic mass is 9.75. The van der Waals surface area contributed by atoms with Crippen molar-refractivity contribution in [3.05, 3.63) is 116 Å². The fraction of sp³-hybridized carbons (Fsp3) is 0.241. The molecule has 6 rings (SSSR count). The summed E-state index contributed by atoms with van der Waals surface area (Å²) in [6.07, 6.45) is 1.55. The van der Waals surface area contributed by atoms with Gasteiger partial charge in [0.2, 0.25) is 5.95 Å². The van der Waals surface area contributed by atoms with Crippen LogP contribution < -0.4 is 10.7 Å². The van der Waals surface area contributed by atoms with Gasteiger partial charge >= 0.3 is 11.7 Å². The summed E-state index contributed by atoms with van der Waals surface area (Å²) in [6, 6.07) is 23.2. The second-order valence-electron chi connectivity index (χ2n) is 9.91. The molecular formula is C29H25Cl2N5O3. The van der Waals surface area contributed by atoms with E-state index in [0.717, 1.165) is 29.7 Å². The zero-order valence-electron chi connectivity index (χ0n) is 20.9. The van der Waals surface area contributed by atoms with Crippen LogP contribution in [0.1, 0.15) is 35.1 Å². The third-order valence-electron chi connectivity index (χ3n) is 7.49. The zero-order valence-corrected chi connectivity index (χ0v) is 22.4. The second kappa shape index (κ2) is 10.0. The van der Waals surface area contributed by atoms with Gasteiger partial charge in [-0.1, -0.05) is 71.7 Å². The Morgan fingerprint density at radius 3 is 2.38 bits per heavy atom. The molecule has 0 bridgehead atoms. The number of fused-ring (bicyclic) bond motifs is 2. The highest BCUT2D eigenvalue weighted by Gasteiger charge is 2.49. The maximum Gasteiger partial charge on any atom is 0.347 e. The molecule has 3 aromatic carbocycles. The SMILES string of the molecule is O=C(O)CCn1c(N2C[C@]3(CCc4ccccc43)C(c3ccc(Cl)cc3)=N2)nn(Cc2ccc(Cl)cc2)c1=O. The molecule has 1 aliphatic heterocycles. The van der Waals surface area contributed by atoms with Gasteiger partial charge in [0, 0.05) is 16.6 Å². The Morgan fingerprint density at radius 1 is 0.974 bits per heavy atom. The first-order valence-corrected chi connectivity index (χ1v) is 13.4. The van der Waals surface area contributed by atoms with Crippen molar-refractivity contribution >= 4 is 40.8 Å². The van der Waals surface area contributed by atoms with Crippen LogP contribution in [0.5, 0.6) is 0 Å². The molecule has 0 saturated carbocycles. The van der Waals surface area contributed by atoms with Crippen molar-refractivity contribution in [2.75, 3.05) is 11.6 Å². The van der Waals surface area contributed by atoms with Gasteiger partial charge in [-0.2, -0.15) is 5.10 Å². The van der Waals surface area contributed by atoms with Gasteiger partial charge in [0.05, 0.1) is 30.6 Å². The van der Waals surface area contributed by atoms with Gasteiger partial charge in [-0.05, 0) is 59.4 Å². The first kappa shape index (κ1) is 25.4. The normalized spacial score (nSPS) is 18.0. The van der Waals surface area contributed by atoms with Crippen molar-refractivity contribution in [2.24, 2.45) is 5.10 Å². The molecule has 0 fully saturated rings. The number of hydrazone groups is 1. The molecule has 10 heteroatoms. The number of rotatable bonds is 7. The number of hydrogen-bond acceptors (Lipinski definition) is 5. The van der Waals surface area contributed by atoms with Crippen molar-refractivity contribution in [1.29, 1.82) is 0 Å². The molecule has 1 spiro atoms. The van der Waals surface area contributed by atoms with Gasteiger partial charge in [-0.15, -0.1) is 5.10 Å². The number of carbonyl (C=O) groups is 1. The van der Waals surface area contributed by atoms with E-state index < -0.39 is 17.1 Å². The fourth-order valence-corrected chi connectivity index (χ4v) is 5.88. The number of aliphatic carboxylic acids is 1. The van der Waals surface area contributed by atoms with Crippen LogP contribution in [0.2, 0.25) is 10.0 Å². The van der Waals surface area contributed by atoms with E-state index >= 15 is 0 Å². The molecule has 1 atom stereocenters. The van der Waals surface area contributed by atoms with E-state index in [4.69, 9.17) is 28.3 Å². The molecule has 39 heavy (non-hydrogen) atoms. The first-order chi connectivity index (χ1) is 18.8. The predicted octanol–water partition coefficient (Wildman–Crippen LogP) is 4.98. The molecule has 0 unspecified atom stereocenters. The number of nitrogens with zero attached hydrogens (tertiary/aromatic N) is 5. The van der Waals surface area contributed by atoms with E-state index in [1.807, 2.05) is 48.5 Å². The number of anilines is 1. The Morgan fingerprint density at radius 2 is 1.67 bits per heavy atom. The summed E-state index contributed by atoms with van der Waals surface area (Å²) in [5.41, 5.74) is 4.37. The lowest BCUT2D eigenvalue weighted by Gasteiger charge is -2.27. The molecule has 2 aliphatic rings. The molecule has 0 saturated heterocycles. The third kappa shape index (κ3) is 4.64. The molecule has 1 N–H and O–H groups in total. The van der Waals surface area contributed by atoms with Crippen molar-refractivity contribution in [3.63, 3.8) is 0 Å². The Kier molecular flexibility index (Phi) is 6.53. The molecule has 1 aromatic heterocycles. The summed E-state index contributed by atoms with van der Waals surface area (Å²) in [6.45, 7) is 0.682. The van der Waals surface area contributed by atoms with Crippen LogP contribution in [-0.2, 0) is 29.7 Å². The van der Waals surface area contributed by atoms with E-state index in [0.29, 0.717) is 22.5 Å². The van der Waals surface area contributed by atoms with Gasteiger partial charge in [0.15, 0.2) is 0 Å². The highest BCUT2D eigenvalue weighted by atomic mass is 35.5. The standard InChI is InChI=1S/C29H25Cl2N5O3/c30-22-9-5-19(6-10-22)17-35-28(39)34(16-14-25(37)38)27(33-35)36-18-29(15-13-20-3-1-2-4-24(20)29)26(32-36)21-7-11-23(31)12-8-21/h1-12H,13-18H2,(H,37,38)/t29-/m0/s1. The van der Waals surface area contributed by atoms with Gasteiger partial charge in [0.1, 0.15) is 0 Å². The number of aromatic nitrogens is 3. The highest BCUT2D eigenvalue weighted by Crippen LogP contribution is 2.46. The number of halogens is 2. The van der Waals surface area contributed by atoms with Crippen LogP contribution in [0.15, 0.2) is 82.7 Å². The van der Waals surface area contributed by atoms with E-state index in [1.165, 1.54) is 20.4 Å². The Labute approximate surface area is 234 Å². The minimum absolute atomic E-state index is 0.0179. The smallest absolute Gasteiger partial charge is 0.347 e. The molecular weight excluding hydrogens is 537 g/mol. The maximum atomic E-state index is 13.5. The van der Waals surface area contributed by atoms with Gasteiger partial charge in [-0.25, -0.2) is 14.5 Å². The summed E-state index contributed by atoms with van der Waals surface area (Å²) in [4.78, 5) is 24.9. The summed E-state index contributed by atoms with van der Waals surface area (Å²) in [7, 11) is 0. The van der Waals surface area contributed by atoms with Crippen LogP contribution in [0, 0.1) is 0 Å². The highest BCUT2D eigenvalue weighted by molar-refractivity contribution is 6.31. The maximum absolute atomic E-state index is 13.5. The zero-order chi connectivity index (χ0) is 27.1. The summed E-state index contributed by atoms with van der Waals surface area (Å²) < 4.78 is 2.76. The Hall–Kier alpha value is -3.88. The number of hydrogen-bond donors (Lipinski definition) is 1. The number of carboxylic acids is 1. The number of aryl methyl sites for hydroxylation is 1. The minimum atomic E-state index is -0.994. The minimum Gasteiger partial charge on any atom is -0.481 e. The van der Waals surface area contributed by atoms with Gasteiger partial charge < -0.3 is 5.11 Å². The van der Waals surface area contributed by atoms with Gasteiger partial charge in [0.25, 0.3) is 0 Å². The van der Waals surface area contributed by atoms with E-state index in [-0.39, 0.29) is 19.5 Å². The molecule has 198 valence electrons. The molecule has 8 nitrogen and oxygen atoms in total. The molecule has 1 aliphatic carbocycles. The van der Waals surface area contributed by atoms with Crippen LogP contribution in [-0.4, -0.2) is 37.7 Å². The largest absolute Gasteiger partial charge is 0.481 e. The number of carboxylic acid groups (broad SMARTS) is 1. The van der Waals surface area contributed by atoms with Crippen LogP contribution >= 0.6 is 23.2 Å². The Balaban J connectivity index is 1.46. The van der Waals surface area contributed by atoms with Crippen molar-refractivity contribution in [1.82, 2.24) is 14.3 Å². The molecule has 4 aromatic rings. The fourth-order valence-electron chi connectivity index (χ4n) is 5.63. The summed E-state index contributed by atoms with van der Waals surface area (Å²) >= 11 is 12.2. The Bertz CT molecular complexity index is 1640. The topological polar surface area (TPSA) is 92.7 Å².